The molecule has 2 aliphatic heterocycles. The number of fused-ring (bicyclic) bond motifs is 1. The summed E-state index contributed by atoms with van der Waals surface area (Å²) in [6.45, 7) is 7.32. The molecule has 2 unspecified atom stereocenters. The van der Waals surface area contributed by atoms with Gasteiger partial charge in [0, 0.05) is 18.7 Å². The number of amides is 4. The summed E-state index contributed by atoms with van der Waals surface area (Å²) in [6, 6.07) is 3.78. The fourth-order valence-corrected chi connectivity index (χ4v) is 3.54. The van der Waals surface area contributed by atoms with E-state index < -0.39 is 47.3 Å². The van der Waals surface area contributed by atoms with Gasteiger partial charge in [0.05, 0.1) is 17.7 Å². The number of carbonyl (C=O) groups is 5. The van der Waals surface area contributed by atoms with Crippen LogP contribution in [0.15, 0.2) is 18.2 Å². The third-order valence-corrected chi connectivity index (χ3v) is 4.99. The molecule has 0 saturated carbocycles. The van der Waals surface area contributed by atoms with Crippen molar-refractivity contribution in [3.8, 4) is 0 Å². The zero-order valence-electron chi connectivity index (χ0n) is 18.5. The molecule has 1 aromatic carbocycles. The van der Waals surface area contributed by atoms with Crippen LogP contribution in [0.4, 0.5) is 5.69 Å². The lowest BCUT2D eigenvalue weighted by molar-refractivity contribution is -0.167. The summed E-state index contributed by atoms with van der Waals surface area (Å²) in [7, 11) is 0. The summed E-state index contributed by atoms with van der Waals surface area (Å²) in [6.07, 6.45) is -0.610. The molecule has 1 saturated heterocycles. The topological polar surface area (TPSA) is 131 Å². The summed E-state index contributed by atoms with van der Waals surface area (Å²) in [5.74, 6) is -2.72. The molecule has 1 fully saturated rings. The second-order valence-corrected chi connectivity index (χ2v) is 8.65. The van der Waals surface area contributed by atoms with Gasteiger partial charge < -0.3 is 14.8 Å². The zero-order valence-corrected chi connectivity index (χ0v) is 18.5. The minimum absolute atomic E-state index is 0.0576. The van der Waals surface area contributed by atoms with Crippen molar-refractivity contribution in [3.63, 3.8) is 0 Å². The van der Waals surface area contributed by atoms with Gasteiger partial charge in [0.2, 0.25) is 11.8 Å². The standard InChI is InChI=1S/C22H27N3O7/c1-12(21(30)32-22(2,3)4)31-11-10-23-14-7-5-6-13-17(14)20(29)25(19(13)28)15-8-9-16(26)24-18(15)27/h5-7,12,15,23H,8-11H2,1-4H3,(H,24,26,27). The lowest BCUT2D eigenvalue weighted by atomic mass is 10.0. The van der Waals surface area contributed by atoms with Gasteiger partial charge in [-0.1, -0.05) is 6.07 Å². The number of nitrogens with zero attached hydrogens (tertiary/aromatic N) is 1. The first-order chi connectivity index (χ1) is 15.0. The number of imide groups is 2. The van der Waals surface area contributed by atoms with Crippen LogP contribution < -0.4 is 10.6 Å². The Morgan fingerprint density at radius 2 is 1.94 bits per heavy atom. The number of carbonyl (C=O) groups excluding carboxylic acids is 5. The molecule has 3 rings (SSSR count). The van der Waals surface area contributed by atoms with Crippen molar-refractivity contribution in [1.82, 2.24) is 10.2 Å². The zero-order chi connectivity index (χ0) is 23.6. The van der Waals surface area contributed by atoms with Crippen LogP contribution in [0.2, 0.25) is 0 Å². The quantitative estimate of drug-likeness (QED) is 0.364. The van der Waals surface area contributed by atoms with Crippen LogP contribution in [0.5, 0.6) is 0 Å². The molecule has 10 nitrogen and oxygen atoms in total. The van der Waals surface area contributed by atoms with E-state index >= 15 is 0 Å². The first kappa shape index (κ1) is 23.4. The maximum atomic E-state index is 13.0. The van der Waals surface area contributed by atoms with E-state index in [1.165, 1.54) is 6.07 Å². The molecular weight excluding hydrogens is 418 g/mol. The Balaban J connectivity index is 1.63. The van der Waals surface area contributed by atoms with Crippen LogP contribution in [0.25, 0.3) is 0 Å². The highest BCUT2D eigenvalue weighted by molar-refractivity contribution is 6.25. The number of hydrogen-bond acceptors (Lipinski definition) is 8. The maximum Gasteiger partial charge on any atom is 0.335 e. The number of rotatable bonds is 7. The smallest absolute Gasteiger partial charge is 0.335 e. The van der Waals surface area contributed by atoms with E-state index in [9.17, 15) is 24.0 Å². The van der Waals surface area contributed by atoms with Gasteiger partial charge in [0.1, 0.15) is 11.6 Å². The molecule has 172 valence electrons. The molecule has 0 radical (unpaired) electrons. The van der Waals surface area contributed by atoms with Crippen LogP contribution in [-0.2, 0) is 23.9 Å². The average molecular weight is 445 g/mol. The summed E-state index contributed by atoms with van der Waals surface area (Å²) < 4.78 is 10.8. The number of esters is 1. The summed E-state index contributed by atoms with van der Waals surface area (Å²) in [5.41, 5.74) is 0.165. The van der Waals surface area contributed by atoms with Crippen LogP contribution in [-0.4, -0.2) is 65.4 Å². The Morgan fingerprint density at radius 3 is 2.59 bits per heavy atom. The van der Waals surface area contributed by atoms with E-state index in [0.29, 0.717) is 5.69 Å². The van der Waals surface area contributed by atoms with Gasteiger partial charge in [-0.25, -0.2) is 4.79 Å². The molecule has 1 aromatic rings. The molecule has 2 aliphatic rings. The van der Waals surface area contributed by atoms with E-state index in [-0.39, 0.29) is 37.1 Å². The van der Waals surface area contributed by atoms with Crippen molar-refractivity contribution in [3.05, 3.63) is 29.3 Å². The molecule has 2 atom stereocenters. The molecule has 10 heteroatoms. The highest BCUT2D eigenvalue weighted by atomic mass is 16.6. The lowest BCUT2D eigenvalue weighted by Crippen LogP contribution is -2.54. The Hall–Kier alpha value is -3.27. The molecule has 0 aliphatic carbocycles. The molecule has 4 amide bonds. The first-order valence-corrected chi connectivity index (χ1v) is 10.4. The number of nitrogens with one attached hydrogen (secondary N) is 2. The van der Waals surface area contributed by atoms with E-state index in [1.807, 2.05) is 0 Å². The number of hydrogen-bond donors (Lipinski definition) is 2. The van der Waals surface area contributed by atoms with Gasteiger partial charge >= 0.3 is 5.97 Å². The normalized spacial score (nSPS) is 19.5. The predicted octanol–water partition coefficient (Wildman–Crippen LogP) is 1.25. The summed E-state index contributed by atoms with van der Waals surface area (Å²) >= 11 is 0. The van der Waals surface area contributed by atoms with Crippen LogP contribution in [0.1, 0.15) is 61.3 Å². The van der Waals surface area contributed by atoms with Crippen LogP contribution in [0, 0.1) is 0 Å². The Bertz CT molecular complexity index is 967. The summed E-state index contributed by atoms with van der Waals surface area (Å²) in [4.78, 5) is 62.3. The van der Waals surface area contributed by atoms with Crippen molar-refractivity contribution in [2.45, 2.75) is 58.3 Å². The summed E-state index contributed by atoms with van der Waals surface area (Å²) in [5, 5.41) is 5.22. The van der Waals surface area contributed by atoms with E-state index in [0.717, 1.165) is 4.90 Å². The van der Waals surface area contributed by atoms with Gasteiger partial charge in [-0.2, -0.15) is 0 Å². The average Bonchev–Trinajstić information content (AvgIpc) is 2.95. The van der Waals surface area contributed by atoms with E-state index in [1.54, 1.807) is 39.8 Å². The third-order valence-electron chi connectivity index (χ3n) is 4.99. The molecule has 2 heterocycles. The predicted molar refractivity (Wildman–Crippen MR) is 113 cm³/mol. The Kier molecular flexibility index (Phi) is 6.63. The van der Waals surface area contributed by atoms with Crippen LogP contribution in [0.3, 0.4) is 0 Å². The molecule has 0 aromatic heterocycles. The fraction of sp³-hybridized carbons (Fsp3) is 0.500. The molecule has 32 heavy (non-hydrogen) atoms. The SMILES string of the molecule is CC(OCCNc1cccc2c1C(=O)N(C1CCC(=O)NC1=O)C2=O)C(=O)OC(C)(C)C. The third kappa shape index (κ3) is 4.96. The molecule has 0 bridgehead atoms. The lowest BCUT2D eigenvalue weighted by Gasteiger charge is -2.27. The maximum absolute atomic E-state index is 13.0. The van der Waals surface area contributed by atoms with Gasteiger partial charge in [0.15, 0.2) is 6.10 Å². The highest BCUT2D eigenvalue weighted by Gasteiger charge is 2.45. The van der Waals surface area contributed by atoms with Gasteiger partial charge in [-0.3, -0.25) is 29.4 Å². The van der Waals surface area contributed by atoms with Gasteiger partial charge in [0.25, 0.3) is 11.8 Å². The molecular formula is C22H27N3O7. The monoisotopic (exact) mass is 445 g/mol. The second-order valence-electron chi connectivity index (χ2n) is 8.65. The second kappa shape index (κ2) is 9.07. The van der Waals surface area contributed by atoms with Crippen molar-refractivity contribution < 1.29 is 33.4 Å². The fourth-order valence-electron chi connectivity index (χ4n) is 3.54. The van der Waals surface area contributed by atoms with E-state index in [2.05, 4.69) is 10.6 Å². The minimum atomic E-state index is -1.02. The van der Waals surface area contributed by atoms with E-state index in [4.69, 9.17) is 9.47 Å². The molecule has 2 N–H and O–H groups in total. The highest BCUT2D eigenvalue weighted by Crippen LogP contribution is 2.32. The number of benzene rings is 1. The van der Waals surface area contributed by atoms with Crippen molar-refractivity contribution in [2.24, 2.45) is 0 Å². The first-order valence-electron chi connectivity index (χ1n) is 10.4. The van der Waals surface area contributed by atoms with Crippen LogP contribution >= 0.6 is 0 Å². The minimum Gasteiger partial charge on any atom is -0.458 e. The van der Waals surface area contributed by atoms with Gasteiger partial charge in [-0.05, 0) is 46.2 Å². The van der Waals surface area contributed by atoms with Crippen molar-refractivity contribution >= 4 is 35.3 Å². The van der Waals surface area contributed by atoms with Crippen molar-refractivity contribution in [1.29, 1.82) is 0 Å². The largest absolute Gasteiger partial charge is 0.458 e. The Labute approximate surface area is 185 Å². The van der Waals surface area contributed by atoms with Crippen molar-refractivity contribution in [2.75, 3.05) is 18.5 Å². The number of ether oxygens (including phenoxy) is 2. The number of piperidine rings is 1. The Morgan fingerprint density at radius 1 is 1.22 bits per heavy atom. The molecule has 0 spiro atoms. The number of anilines is 1. The van der Waals surface area contributed by atoms with Gasteiger partial charge in [-0.15, -0.1) is 0 Å².